The molecule has 17 heavy (non-hydrogen) atoms. The second-order valence-electron chi connectivity index (χ2n) is 3.64. The molecule has 3 rings (SSSR count). The number of hydrogen-bond donors (Lipinski definition) is 1. The van der Waals surface area contributed by atoms with Gasteiger partial charge in [-0.3, -0.25) is 9.55 Å². The maximum atomic E-state index is 11.9. The van der Waals surface area contributed by atoms with Crippen LogP contribution in [0.3, 0.4) is 0 Å². The lowest BCUT2D eigenvalue weighted by atomic mass is 10.3. The zero-order chi connectivity index (χ0) is 11.8. The van der Waals surface area contributed by atoms with Crippen LogP contribution < -0.4 is 5.69 Å². The van der Waals surface area contributed by atoms with Crippen LogP contribution >= 0.6 is 11.6 Å². The number of benzene rings is 1. The van der Waals surface area contributed by atoms with Crippen molar-refractivity contribution in [3.63, 3.8) is 0 Å². The first-order valence-electron chi connectivity index (χ1n) is 5.06. The third-order valence-electron chi connectivity index (χ3n) is 2.55. The first-order chi connectivity index (χ1) is 8.25. The molecular formula is C12H8ClN3O. The van der Waals surface area contributed by atoms with E-state index in [2.05, 4.69) is 9.97 Å². The fourth-order valence-electron chi connectivity index (χ4n) is 1.83. The average Bonchev–Trinajstić information content (AvgIpc) is 2.65. The SMILES string of the molecule is O=c1[nH]c2cc(Cl)ccc2n1-c1cccnc1. The van der Waals surface area contributed by atoms with E-state index in [1.165, 1.54) is 0 Å². The van der Waals surface area contributed by atoms with Crippen LogP contribution in [0.15, 0.2) is 47.5 Å². The van der Waals surface area contributed by atoms with Crippen molar-refractivity contribution < 1.29 is 0 Å². The van der Waals surface area contributed by atoms with E-state index in [0.29, 0.717) is 10.5 Å². The van der Waals surface area contributed by atoms with E-state index >= 15 is 0 Å². The van der Waals surface area contributed by atoms with Crippen LogP contribution in [-0.4, -0.2) is 14.5 Å². The highest BCUT2D eigenvalue weighted by Crippen LogP contribution is 2.18. The van der Waals surface area contributed by atoms with Crippen LogP contribution in [0.1, 0.15) is 0 Å². The van der Waals surface area contributed by atoms with Gasteiger partial charge < -0.3 is 4.98 Å². The Morgan fingerprint density at radius 1 is 1.29 bits per heavy atom. The van der Waals surface area contributed by atoms with Crippen molar-refractivity contribution >= 4 is 22.6 Å². The minimum Gasteiger partial charge on any atom is -0.305 e. The lowest BCUT2D eigenvalue weighted by molar-refractivity contribution is 1.00. The Morgan fingerprint density at radius 2 is 2.18 bits per heavy atom. The van der Waals surface area contributed by atoms with Crippen LogP contribution in [0.2, 0.25) is 5.02 Å². The van der Waals surface area contributed by atoms with Crippen molar-refractivity contribution in [2.75, 3.05) is 0 Å². The van der Waals surface area contributed by atoms with Crippen molar-refractivity contribution in [1.29, 1.82) is 0 Å². The number of imidazole rings is 1. The number of halogens is 1. The molecule has 1 N–H and O–H groups in total. The van der Waals surface area contributed by atoms with E-state index in [1.54, 1.807) is 35.2 Å². The van der Waals surface area contributed by atoms with E-state index in [1.807, 2.05) is 12.1 Å². The highest BCUT2D eigenvalue weighted by atomic mass is 35.5. The van der Waals surface area contributed by atoms with Gasteiger partial charge in [-0.05, 0) is 30.3 Å². The van der Waals surface area contributed by atoms with Gasteiger partial charge in [0.05, 0.1) is 22.9 Å². The topological polar surface area (TPSA) is 50.7 Å². The number of pyridine rings is 1. The zero-order valence-electron chi connectivity index (χ0n) is 8.72. The summed E-state index contributed by atoms with van der Waals surface area (Å²) in [5.74, 6) is 0. The fraction of sp³-hybridized carbons (Fsp3) is 0. The predicted molar refractivity (Wildman–Crippen MR) is 66.7 cm³/mol. The van der Waals surface area contributed by atoms with E-state index in [9.17, 15) is 4.79 Å². The summed E-state index contributed by atoms with van der Waals surface area (Å²) >= 11 is 5.88. The summed E-state index contributed by atoms with van der Waals surface area (Å²) in [6.07, 6.45) is 3.31. The molecule has 84 valence electrons. The first-order valence-corrected chi connectivity index (χ1v) is 5.44. The van der Waals surface area contributed by atoms with Crippen molar-refractivity contribution in [1.82, 2.24) is 14.5 Å². The molecule has 0 fully saturated rings. The zero-order valence-corrected chi connectivity index (χ0v) is 9.48. The molecule has 0 aliphatic carbocycles. The number of nitrogens with one attached hydrogen (secondary N) is 1. The Balaban J connectivity index is 2.37. The van der Waals surface area contributed by atoms with Crippen LogP contribution in [-0.2, 0) is 0 Å². The summed E-state index contributed by atoms with van der Waals surface area (Å²) in [5, 5.41) is 0.595. The lowest BCUT2D eigenvalue weighted by Gasteiger charge is -2.01. The smallest absolute Gasteiger partial charge is 0.305 e. The molecule has 3 aromatic rings. The molecule has 2 aromatic heterocycles. The molecule has 0 bridgehead atoms. The van der Waals surface area contributed by atoms with Gasteiger partial charge in [0.15, 0.2) is 0 Å². The molecule has 5 heteroatoms. The number of H-pyrrole nitrogens is 1. The standard InChI is InChI=1S/C12H8ClN3O/c13-8-3-4-11-10(6-8)15-12(17)16(11)9-2-1-5-14-7-9/h1-7H,(H,15,17). The number of fused-ring (bicyclic) bond motifs is 1. The summed E-state index contributed by atoms with van der Waals surface area (Å²) in [4.78, 5) is 18.7. The van der Waals surface area contributed by atoms with E-state index in [0.717, 1.165) is 11.2 Å². The number of hydrogen-bond acceptors (Lipinski definition) is 2. The Kier molecular flexibility index (Phi) is 2.23. The normalized spacial score (nSPS) is 10.9. The summed E-state index contributed by atoms with van der Waals surface area (Å²) in [6.45, 7) is 0. The third kappa shape index (κ3) is 1.62. The molecule has 2 heterocycles. The number of rotatable bonds is 1. The predicted octanol–water partition coefficient (Wildman–Crippen LogP) is 2.37. The van der Waals surface area contributed by atoms with Crippen LogP contribution in [0.5, 0.6) is 0 Å². The Morgan fingerprint density at radius 3 is 2.94 bits per heavy atom. The summed E-state index contributed by atoms with van der Waals surface area (Å²) < 4.78 is 1.57. The van der Waals surface area contributed by atoms with Crippen molar-refractivity contribution in [2.45, 2.75) is 0 Å². The van der Waals surface area contributed by atoms with Crippen molar-refractivity contribution in [3.05, 3.63) is 58.2 Å². The van der Waals surface area contributed by atoms with E-state index in [-0.39, 0.29) is 5.69 Å². The van der Waals surface area contributed by atoms with Gasteiger partial charge in [0.25, 0.3) is 0 Å². The van der Waals surface area contributed by atoms with Crippen LogP contribution in [0.4, 0.5) is 0 Å². The second kappa shape index (κ2) is 3.75. The fourth-order valence-corrected chi connectivity index (χ4v) is 2.00. The van der Waals surface area contributed by atoms with Crippen LogP contribution in [0.25, 0.3) is 16.7 Å². The minimum atomic E-state index is -0.199. The second-order valence-corrected chi connectivity index (χ2v) is 4.07. The highest BCUT2D eigenvalue weighted by molar-refractivity contribution is 6.31. The Bertz CT molecular complexity index is 730. The van der Waals surface area contributed by atoms with Gasteiger partial charge >= 0.3 is 5.69 Å². The van der Waals surface area contributed by atoms with Crippen LogP contribution in [0, 0.1) is 0 Å². The summed E-state index contributed by atoms with van der Waals surface area (Å²) in [6, 6.07) is 8.91. The monoisotopic (exact) mass is 245 g/mol. The van der Waals surface area contributed by atoms with Gasteiger partial charge in [-0.15, -0.1) is 0 Å². The van der Waals surface area contributed by atoms with Crippen molar-refractivity contribution in [3.8, 4) is 5.69 Å². The molecule has 0 atom stereocenters. The van der Waals surface area contributed by atoms with Gasteiger partial charge in [0.2, 0.25) is 0 Å². The van der Waals surface area contributed by atoms with Gasteiger partial charge in [-0.1, -0.05) is 11.6 Å². The molecule has 0 aliphatic rings. The molecular weight excluding hydrogens is 238 g/mol. The number of aromatic amines is 1. The maximum absolute atomic E-state index is 11.9. The molecule has 0 saturated carbocycles. The molecule has 1 aromatic carbocycles. The van der Waals surface area contributed by atoms with Gasteiger partial charge in [-0.2, -0.15) is 0 Å². The van der Waals surface area contributed by atoms with Gasteiger partial charge in [0, 0.05) is 11.2 Å². The molecule has 0 aliphatic heterocycles. The molecule has 0 saturated heterocycles. The van der Waals surface area contributed by atoms with Crippen molar-refractivity contribution in [2.24, 2.45) is 0 Å². The molecule has 0 radical (unpaired) electrons. The summed E-state index contributed by atoms with van der Waals surface area (Å²) in [5.41, 5.74) is 2.03. The minimum absolute atomic E-state index is 0.199. The molecule has 0 spiro atoms. The largest absolute Gasteiger partial charge is 0.331 e. The number of nitrogens with zero attached hydrogens (tertiary/aromatic N) is 2. The number of aromatic nitrogens is 3. The molecule has 0 amide bonds. The quantitative estimate of drug-likeness (QED) is 0.716. The molecule has 0 unspecified atom stereocenters. The van der Waals surface area contributed by atoms with E-state index in [4.69, 9.17) is 11.6 Å². The summed E-state index contributed by atoms with van der Waals surface area (Å²) in [7, 11) is 0. The van der Waals surface area contributed by atoms with E-state index < -0.39 is 0 Å². The molecule has 4 nitrogen and oxygen atoms in total. The average molecular weight is 246 g/mol. The highest BCUT2D eigenvalue weighted by Gasteiger charge is 2.08. The first kappa shape index (κ1) is 10.1. The maximum Gasteiger partial charge on any atom is 0.331 e. The Hall–Kier alpha value is -2.07. The van der Waals surface area contributed by atoms with Gasteiger partial charge in [0.1, 0.15) is 0 Å². The Labute approximate surface area is 101 Å². The third-order valence-corrected chi connectivity index (χ3v) is 2.78. The lowest BCUT2D eigenvalue weighted by Crippen LogP contribution is -2.14. The van der Waals surface area contributed by atoms with Gasteiger partial charge in [-0.25, -0.2) is 4.79 Å².